The van der Waals surface area contributed by atoms with Crippen molar-refractivity contribution in [2.45, 2.75) is 35.6 Å². The first-order valence-corrected chi connectivity index (χ1v) is 15.5. The first-order valence-electron chi connectivity index (χ1n) is 13.7. The van der Waals surface area contributed by atoms with E-state index in [4.69, 9.17) is 4.74 Å². The molecule has 0 radical (unpaired) electrons. The number of nitrogens with zero attached hydrogens (tertiary/aromatic N) is 3. The highest BCUT2D eigenvalue weighted by molar-refractivity contribution is 8.00. The largest absolute Gasteiger partial charge is 0.507 e. The predicted octanol–water partition coefficient (Wildman–Crippen LogP) is 7.07. The summed E-state index contributed by atoms with van der Waals surface area (Å²) in [6.45, 7) is 1.94. The molecule has 5 aromatic rings. The number of aliphatic hydroxyl groups is 1. The van der Waals surface area contributed by atoms with Crippen molar-refractivity contribution in [3.05, 3.63) is 119 Å². The Morgan fingerprint density at radius 2 is 1.84 bits per heavy atom. The quantitative estimate of drug-likeness (QED) is 0.0724. The third kappa shape index (κ3) is 4.86. The number of rotatable bonds is 6. The first-order chi connectivity index (χ1) is 20.9. The number of aliphatic hydroxyl groups excluding tert-OH is 1. The van der Waals surface area contributed by atoms with Gasteiger partial charge in [-0.1, -0.05) is 83.8 Å². The van der Waals surface area contributed by atoms with E-state index >= 15 is 4.39 Å². The van der Waals surface area contributed by atoms with Crippen LogP contribution in [0.25, 0.3) is 16.5 Å². The monoisotopic (exact) mass is 609 g/mol. The van der Waals surface area contributed by atoms with Gasteiger partial charge in [-0.05, 0) is 53.1 Å². The van der Waals surface area contributed by atoms with Gasteiger partial charge in [0, 0.05) is 23.3 Å². The molecule has 0 bridgehead atoms. The van der Waals surface area contributed by atoms with Crippen molar-refractivity contribution in [3.8, 4) is 5.75 Å². The highest BCUT2D eigenvalue weighted by Crippen LogP contribution is 2.45. The number of benzene rings is 4. The van der Waals surface area contributed by atoms with E-state index < -0.39 is 23.5 Å². The van der Waals surface area contributed by atoms with Crippen molar-refractivity contribution in [3.63, 3.8) is 0 Å². The number of fused-ring (bicyclic) bond motifs is 2. The van der Waals surface area contributed by atoms with Crippen LogP contribution in [0, 0.1) is 5.82 Å². The Kier molecular flexibility index (Phi) is 6.95. The van der Waals surface area contributed by atoms with Crippen molar-refractivity contribution < 1.29 is 23.8 Å². The number of aromatic nitrogens is 2. The number of hydrogen-bond donors (Lipinski definition) is 1. The molecule has 0 spiro atoms. The third-order valence-electron chi connectivity index (χ3n) is 7.65. The molecule has 1 saturated heterocycles. The second kappa shape index (κ2) is 10.9. The zero-order valence-corrected chi connectivity index (χ0v) is 24.5. The molecular weight excluding hydrogens is 586 g/mol. The third-order valence-corrected chi connectivity index (χ3v) is 9.75. The summed E-state index contributed by atoms with van der Waals surface area (Å²) in [7, 11) is 0. The van der Waals surface area contributed by atoms with Crippen LogP contribution >= 0.6 is 23.1 Å². The predicted molar refractivity (Wildman–Crippen MR) is 165 cm³/mol. The highest BCUT2D eigenvalue weighted by Gasteiger charge is 2.49. The molecule has 1 N–H and O–H groups in total. The summed E-state index contributed by atoms with van der Waals surface area (Å²) < 4.78 is 21.6. The number of carbonyl (C=O) groups is 2. The zero-order valence-electron chi connectivity index (χ0n) is 22.9. The molecule has 0 saturated carbocycles. The number of ether oxygens (including phenoxy) is 1. The average Bonchev–Trinajstić information content (AvgIpc) is 3.70. The van der Waals surface area contributed by atoms with Gasteiger partial charge < -0.3 is 9.84 Å². The molecule has 2 unspecified atom stereocenters. The summed E-state index contributed by atoms with van der Waals surface area (Å²) in [6, 6.07) is 24.0. The van der Waals surface area contributed by atoms with E-state index in [1.54, 1.807) is 24.3 Å². The van der Waals surface area contributed by atoms with Crippen LogP contribution in [0.3, 0.4) is 0 Å². The van der Waals surface area contributed by atoms with Gasteiger partial charge >= 0.3 is 5.91 Å². The summed E-state index contributed by atoms with van der Waals surface area (Å²) >= 11 is 2.60. The minimum absolute atomic E-state index is 0.0125. The number of halogens is 1. The van der Waals surface area contributed by atoms with Crippen molar-refractivity contribution in [2.24, 2.45) is 0 Å². The molecule has 2 aliphatic rings. The minimum Gasteiger partial charge on any atom is -0.507 e. The van der Waals surface area contributed by atoms with Gasteiger partial charge in [-0.25, -0.2) is 4.39 Å². The van der Waals surface area contributed by atoms with Crippen LogP contribution in [0.15, 0.2) is 94.8 Å². The molecule has 1 amide bonds. The maximum atomic E-state index is 15.3. The Labute approximate surface area is 254 Å². The van der Waals surface area contributed by atoms with Crippen LogP contribution in [-0.4, -0.2) is 33.1 Å². The fraction of sp³-hybridized carbons (Fsp3) is 0.152. The Balaban J connectivity index is 1.26. The van der Waals surface area contributed by atoms with E-state index in [9.17, 15) is 14.7 Å². The molecule has 2 atom stereocenters. The van der Waals surface area contributed by atoms with E-state index in [-0.39, 0.29) is 28.1 Å². The Bertz CT molecular complexity index is 1950. The maximum Gasteiger partial charge on any atom is 0.301 e. The van der Waals surface area contributed by atoms with Crippen LogP contribution in [0.1, 0.15) is 35.2 Å². The number of anilines is 1. The number of carbonyl (C=O) groups excluding carboxylic acids is 2. The maximum absolute atomic E-state index is 15.3. The lowest BCUT2D eigenvalue weighted by molar-refractivity contribution is -0.132. The normalized spacial score (nSPS) is 19.2. The van der Waals surface area contributed by atoms with Crippen LogP contribution in [0.2, 0.25) is 0 Å². The molecular formula is C33H24FN3O4S2. The molecule has 214 valence electrons. The van der Waals surface area contributed by atoms with Crippen LogP contribution < -0.4 is 9.64 Å². The molecule has 2 aliphatic heterocycles. The molecule has 7 nitrogen and oxygen atoms in total. The topological polar surface area (TPSA) is 92.6 Å². The molecule has 3 heterocycles. The molecule has 1 aromatic heterocycles. The number of hydrogen-bond acceptors (Lipinski definition) is 8. The average molecular weight is 610 g/mol. The zero-order chi connectivity index (χ0) is 29.7. The Morgan fingerprint density at radius 3 is 2.70 bits per heavy atom. The number of amides is 1. The minimum atomic E-state index is -1.23. The van der Waals surface area contributed by atoms with E-state index in [1.807, 2.05) is 25.1 Å². The van der Waals surface area contributed by atoms with Gasteiger partial charge in [0.15, 0.2) is 4.34 Å². The SMILES string of the molecule is CC1Cc2cc(/C(O)=C3\C(=O)C(=O)N(c4nnc(SCc5cccc6ccccc56)s4)C3c3ccccc3F)ccc2O1. The van der Waals surface area contributed by atoms with Crippen molar-refractivity contribution >= 4 is 56.5 Å². The number of ketones is 1. The molecule has 7 rings (SSSR count). The van der Waals surface area contributed by atoms with E-state index in [0.29, 0.717) is 27.8 Å². The van der Waals surface area contributed by atoms with Gasteiger partial charge in [0.25, 0.3) is 5.78 Å². The molecule has 10 heteroatoms. The Morgan fingerprint density at radius 1 is 1.05 bits per heavy atom. The molecule has 0 aliphatic carbocycles. The Hall–Kier alpha value is -4.54. The summed E-state index contributed by atoms with van der Waals surface area (Å²) in [5.74, 6) is -1.50. The van der Waals surface area contributed by atoms with Gasteiger partial charge in [-0.15, -0.1) is 10.2 Å². The van der Waals surface area contributed by atoms with Crippen LogP contribution in [0.4, 0.5) is 9.52 Å². The van der Waals surface area contributed by atoms with Crippen LogP contribution in [-0.2, 0) is 21.8 Å². The van der Waals surface area contributed by atoms with Gasteiger partial charge in [0.05, 0.1) is 5.57 Å². The number of thioether (sulfide) groups is 1. The standard InChI is InChI=1S/C33H24FN3O4S2/c1-18-15-22-16-20(13-14-26(22)41-18)29(38)27-28(24-11-4-5-12-25(24)34)37(31(40)30(27)39)32-35-36-33(43-32)42-17-21-9-6-8-19-7-2-3-10-23(19)21/h2-14,16,18,28,38H,15,17H2,1H3/b29-27+. The van der Waals surface area contributed by atoms with Gasteiger partial charge in [-0.2, -0.15) is 0 Å². The molecule has 1 fully saturated rings. The number of Topliss-reactive ketones (excluding diaryl/α,β-unsaturated/α-hetero) is 1. The van der Waals surface area contributed by atoms with Crippen molar-refractivity contribution in [1.82, 2.24) is 10.2 Å². The summed E-state index contributed by atoms with van der Waals surface area (Å²) in [4.78, 5) is 28.2. The van der Waals surface area contributed by atoms with Gasteiger partial charge in [0.2, 0.25) is 5.13 Å². The fourth-order valence-corrected chi connectivity index (χ4v) is 7.53. The molecule has 4 aromatic carbocycles. The second-order valence-electron chi connectivity index (χ2n) is 10.4. The van der Waals surface area contributed by atoms with Gasteiger partial charge in [0.1, 0.15) is 29.5 Å². The van der Waals surface area contributed by atoms with E-state index in [1.165, 1.54) is 30.0 Å². The lowest BCUT2D eigenvalue weighted by Gasteiger charge is -2.23. The summed E-state index contributed by atoms with van der Waals surface area (Å²) in [5, 5.41) is 22.4. The summed E-state index contributed by atoms with van der Waals surface area (Å²) in [6.07, 6.45) is 0.632. The molecule has 43 heavy (non-hydrogen) atoms. The highest BCUT2D eigenvalue weighted by atomic mass is 32.2. The lowest BCUT2D eigenvalue weighted by atomic mass is 9.94. The second-order valence-corrected chi connectivity index (χ2v) is 12.6. The summed E-state index contributed by atoms with van der Waals surface area (Å²) in [5.41, 5.74) is 2.22. The fourth-order valence-electron chi connectivity index (χ4n) is 5.66. The lowest BCUT2D eigenvalue weighted by Crippen LogP contribution is -2.29. The van der Waals surface area contributed by atoms with Crippen molar-refractivity contribution in [2.75, 3.05) is 4.90 Å². The van der Waals surface area contributed by atoms with Gasteiger partial charge in [-0.3, -0.25) is 14.5 Å². The smallest absolute Gasteiger partial charge is 0.301 e. The van der Waals surface area contributed by atoms with E-state index in [0.717, 1.165) is 38.1 Å². The van der Waals surface area contributed by atoms with Crippen molar-refractivity contribution in [1.29, 1.82) is 0 Å². The first kappa shape index (κ1) is 27.3. The van der Waals surface area contributed by atoms with Crippen LogP contribution in [0.5, 0.6) is 5.75 Å². The van der Waals surface area contributed by atoms with E-state index in [2.05, 4.69) is 34.5 Å².